The van der Waals surface area contributed by atoms with Gasteiger partial charge in [0.25, 0.3) is 0 Å². The molecule has 0 aromatic heterocycles. The topological polar surface area (TPSA) is 95.1 Å². The summed E-state index contributed by atoms with van der Waals surface area (Å²) in [6.45, 7) is 5.63. The van der Waals surface area contributed by atoms with Crippen LogP contribution in [0.2, 0.25) is 0 Å². The zero-order valence-corrected chi connectivity index (χ0v) is 11.5. The summed E-state index contributed by atoms with van der Waals surface area (Å²) in [5.41, 5.74) is 1.92. The quantitative estimate of drug-likeness (QED) is 0.334. The van der Waals surface area contributed by atoms with Gasteiger partial charge in [-0.1, -0.05) is 24.3 Å². The number of aliphatic hydroxyl groups is 1. The zero-order valence-electron chi connectivity index (χ0n) is 11.5. The molecule has 2 aliphatic rings. The van der Waals surface area contributed by atoms with Gasteiger partial charge < -0.3 is 15.3 Å². The van der Waals surface area contributed by atoms with Crippen molar-refractivity contribution in [3.63, 3.8) is 0 Å². The van der Waals surface area contributed by atoms with Crippen LogP contribution in [0, 0.1) is 5.92 Å². The third kappa shape index (κ3) is 3.23. The van der Waals surface area contributed by atoms with Crippen molar-refractivity contribution in [2.75, 3.05) is 0 Å². The molecule has 0 aromatic rings. The van der Waals surface area contributed by atoms with Crippen LogP contribution in [0.15, 0.2) is 35.5 Å². The molecule has 0 spiro atoms. The van der Waals surface area contributed by atoms with E-state index in [0.717, 1.165) is 24.7 Å². The number of aldehydes is 1. The average Bonchev–Trinajstić information content (AvgIpc) is 2.63. The summed E-state index contributed by atoms with van der Waals surface area (Å²) in [6, 6.07) is 0. The molecule has 3 atom stereocenters. The van der Waals surface area contributed by atoms with Gasteiger partial charge in [-0.05, 0) is 25.3 Å². The fourth-order valence-electron chi connectivity index (χ4n) is 2.62. The van der Waals surface area contributed by atoms with Gasteiger partial charge >= 0.3 is 5.97 Å². The molecule has 1 aliphatic heterocycles. The lowest BCUT2D eigenvalue weighted by atomic mass is 9.86. The van der Waals surface area contributed by atoms with Crippen LogP contribution < -0.4 is 0 Å². The molecule has 5 nitrogen and oxygen atoms in total. The highest BCUT2D eigenvalue weighted by molar-refractivity contribution is 5.91. The minimum absolute atomic E-state index is 0. The fraction of sp³-hybridized carbons (Fsp3) is 0.467. The Labute approximate surface area is 117 Å². The van der Waals surface area contributed by atoms with E-state index in [9.17, 15) is 14.7 Å². The van der Waals surface area contributed by atoms with Crippen LogP contribution in [-0.2, 0) is 14.3 Å². The van der Waals surface area contributed by atoms with Gasteiger partial charge in [0.2, 0.25) is 0 Å². The van der Waals surface area contributed by atoms with Crippen LogP contribution >= 0.6 is 0 Å². The molecule has 1 saturated heterocycles. The first kappa shape index (κ1) is 16.3. The Hall–Kier alpha value is -1.72. The van der Waals surface area contributed by atoms with Gasteiger partial charge in [-0.2, -0.15) is 0 Å². The molecule has 1 heterocycles. The Balaban J connectivity index is 0.00000200. The first-order chi connectivity index (χ1) is 9.02. The first-order valence-corrected chi connectivity index (χ1v) is 6.42. The fourth-order valence-corrected chi connectivity index (χ4v) is 2.62. The summed E-state index contributed by atoms with van der Waals surface area (Å²) >= 11 is 0. The van der Waals surface area contributed by atoms with E-state index in [0.29, 0.717) is 12.0 Å². The number of carbonyl (C=O) groups is 2. The average molecular weight is 280 g/mol. The Morgan fingerprint density at radius 2 is 2.20 bits per heavy atom. The summed E-state index contributed by atoms with van der Waals surface area (Å²) < 4.78 is 5.22. The van der Waals surface area contributed by atoms with Crippen LogP contribution in [0.4, 0.5) is 0 Å². The lowest BCUT2D eigenvalue weighted by Gasteiger charge is -2.22. The molecule has 110 valence electrons. The Morgan fingerprint density at radius 3 is 2.85 bits per heavy atom. The molecular formula is C15H20O5. The second kappa shape index (κ2) is 6.63. The number of esters is 1. The van der Waals surface area contributed by atoms with Crippen molar-refractivity contribution in [3.8, 4) is 0 Å². The van der Waals surface area contributed by atoms with Gasteiger partial charge in [0.1, 0.15) is 12.4 Å². The minimum atomic E-state index is -0.796. The molecule has 1 aliphatic carbocycles. The van der Waals surface area contributed by atoms with Crippen molar-refractivity contribution in [2.45, 2.75) is 38.4 Å². The number of ether oxygens (including phenoxy) is 1. The lowest BCUT2D eigenvalue weighted by Crippen LogP contribution is -2.29. The monoisotopic (exact) mass is 280 g/mol. The van der Waals surface area contributed by atoms with Crippen LogP contribution in [-0.4, -0.2) is 35.0 Å². The molecule has 0 radical (unpaired) electrons. The number of allylic oxidation sites excluding steroid dienone is 2. The van der Waals surface area contributed by atoms with E-state index in [1.165, 1.54) is 0 Å². The van der Waals surface area contributed by atoms with E-state index in [2.05, 4.69) is 6.58 Å². The summed E-state index contributed by atoms with van der Waals surface area (Å²) in [5, 5.41) is 10.2. The second-order valence-corrected chi connectivity index (χ2v) is 5.14. The number of fused-ring (bicyclic) bond motifs is 1. The molecule has 2 rings (SSSR count). The Morgan fingerprint density at radius 1 is 1.50 bits per heavy atom. The maximum atomic E-state index is 11.6. The predicted octanol–water partition coefficient (Wildman–Crippen LogP) is 0.876. The van der Waals surface area contributed by atoms with Gasteiger partial charge in [-0.25, -0.2) is 4.79 Å². The van der Waals surface area contributed by atoms with E-state index in [-0.39, 0.29) is 11.0 Å². The van der Waals surface area contributed by atoms with E-state index < -0.39 is 24.1 Å². The minimum Gasteiger partial charge on any atom is -0.458 e. The van der Waals surface area contributed by atoms with Crippen molar-refractivity contribution in [1.82, 2.24) is 0 Å². The molecule has 0 bridgehead atoms. The van der Waals surface area contributed by atoms with E-state index >= 15 is 0 Å². The van der Waals surface area contributed by atoms with Gasteiger partial charge in [0.05, 0.1) is 12.0 Å². The van der Waals surface area contributed by atoms with Gasteiger partial charge in [-0.15, -0.1) is 0 Å². The molecular weight excluding hydrogens is 260 g/mol. The summed E-state index contributed by atoms with van der Waals surface area (Å²) in [7, 11) is 0. The summed E-state index contributed by atoms with van der Waals surface area (Å²) in [4.78, 5) is 22.6. The molecule has 0 aromatic carbocycles. The zero-order chi connectivity index (χ0) is 14.0. The van der Waals surface area contributed by atoms with E-state index in [4.69, 9.17) is 4.74 Å². The van der Waals surface area contributed by atoms with Gasteiger partial charge in [-0.3, -0.25) is 4.79 Å². The number of aliphatic hydroxyl groups excluding tert-OH is 1. The van der Waals surface area contributed by atoms with Crippen molar-refractivity contribution in [2.24, 2.45) is 5.92 Å². The SMILES string of the molecule is C=C1C(=O)O[C@@H]2C/C(C=O)=C\CC/C(C)=C/[C@@H](O)[C@H]12.O. The first-order valence-electron chi connectivity index (χ1n) is 6.42. The highest BCUT2D eigenvalue weighted by Gasteiger charge is 2.42. The maximum absolute atomic E-state index is 11.6. The van der Waals surface area contributed by atoms with Crippen LogP contribution in [0.1, 0.15) is 26.2 Å². The molecule has 20 heavy (non-hydrogen) atoms. The third-order valence-electron chi connectivity index (χ3n) is 3.68. The maximum Gasteiger partial charge on any atom is 0.334 e. The predicted molar refractivity (Wildman–Crippen MR) is 73.9 cm³/mol. The smallest absolute Gasteiger partial charge is 0.334 e. The molecule has 5 heteroatoms. The van der Waals surface area contributed by atoms with Crippen molar-refractivity contribution in [3.05, 3.63) is 35.5 Å². The number of hydrogen-bond donors (Lipinski definition) is 1. The molecule has 3 N–H and O–H groups in total. The van der Waals surface area contributed by atoms with Gasteiger partial charge in [0, 0.05) is 12.0 Å². The normalized spacial score (nSPS) is 35.6. The second-order valence-electron chi connectivity index (χ2n) is 5.14. The number of rotatable bonds is 1. The third-order valence-corrected chi connectivity index (χ3v) is 3.68. The molecule has 0 unspecified atom stereocenters. The molecule has 1 fully saturated rings. The summed E-state index contributed by atoms with van der Waals surface area (Å²) in [5.74, 6) is -0.950. The molecule has 0 amide bonds. The highest BCUT2D eigenvalue weighted by atomic mass is 16.6. The largest absolute Gasteiger partial charge is 0.458 e. The van der Waals surface area contributed by atoms with Gasteiger partial charge in [0.15, 0.2) is 0 Å². The van der Waals surface area contributed by atoms with E-state index in [1.807, 2.05) is 13.0 Å². The number of hydrogen-bond acceptors (Lipinski definition) is 4. The lowest BCUT2D eigenvalue weighted by molar-refractivity contribution is -0.139. The van der Waals surface area contributed by atoms with Crippen molar-refractivity contribution in [1.29, 1.82) is 0 Å². The Bertz CT molecular complexity index is 475. The highest BCUT2D eigenvalue weighted by Crippen LogP contribution is 2.34. The van der Waals surface area contributed by atoms with Crippen molar-refractivity contribution < 1.29 is 24.9 Å². The van der Waals surface area contributed by atoms with Crippen LogP contribution in [0.25, 0.3) is 0 Å². The Kier molecular flexibility index (Phi) is 5.42. The standard InChI is InChI=1S/C15H18O4.H2O/c1-9-4-3-5-11(8-16)7-13-14(12(17)6-9)10(2)15(18)19-13;/h5-6,8,12-14,17H,2-4,7H2,1H3;1H2/b9-6+,11-5+;/t12-,13-,14+;/m1./s1. The van der Waals surface area contributed by atoms with E-state index in [1.54, 1.807) is 6.08 Å². The number of carbonyl (C=O) groups excluding carboxylic acids is 2. The molecule has 0 saturated carbocycles. The summed E-state index contributed by atoms with van der Waals surface area (Å²) in [6.07, 6.45) is 4.98. The van der Waals surface area contributed by atoms with Crippen molar-refractivity contribution >= 4 is 12.3 Å². The van der Waals surface area contributed by atoms with Crippen LogP contribution in [0.5, 0.6) is 0 Å². The van der Waals surface area contributed by atoms with Crippen LogP contribution in [0.3, 0.4) is 0 Å².